The van der Waals surface area contributed by atoms with E-state index in [1.807, 2.05) is 13.8 Å². The van der Waals surface area contributed by atoms with Gasteiger partial charge in [-0.2, -0.15) is 4.98 Å². The second-order valence-corrected chi connectivity index (χ2v) is 4.40. The fourth-order valence-corrected chi connectivity index (χ4v) is 1.94. The van der Waals surface area contributed by atoms with Gasteiger partial charge in [0.2, 0.25) is 0 Å². The minimum Gasteiger partial charge on any atom is -0.424 e. The molecule has 19 heavy (non-hydrogen) atoms. The van der Waals surface area contributed by atoms with Crippen molar-refractivity contribution in [1.82, 2.24) is 10.1 Å². The van der Waals surface area contributed by atoms with Gasteiger partial charge < -0.3 is 20.0 Å². The Morgan fingerprint density at radius 2 is 2.16 bits per heavy atom. The van der Waals surface area contributed by atoms with Gasteiger partial charge in [-0.05, 0) is 32.0 Å². The number of anilines is 2. The molecule has 0 aliphatic rings. The van der Waals surface area contributed by atoms with Gasteiger partial charge in [0, 0.05) is 17.8 Å². The van der Waals surface area contributed by atoms with Gasteiger partial charge in [-0.15, -0.1) is 0 Å². The van der Waals surface area contributed by atoms with Gasteiger partial charge in [0.05, 0.1) is 5.69 Å². The Morgan fingerprint density at radius 3 is 2.89 bits per heavy atom. The predicted molar refractivity (Wildman–Crippen MR) is 71.7 cm³/mol. The van der Waals surface area contributed by atoms with Gasteiger partial charge in [-0.3, -0.25) is 0 Å². The molecular weight excluding hydrogens is 244 g/mol. The number of aromatic nitrogens is 2. The number of nitrogens with one attached hydrogen (secondary N) is 1. The van der Waals surface area contributed by atoms with Crippen molar-refractivity contribution in [3.63, 3.8) is 0 Å². The number of fused-ring (bicyclic) bond motifs is 1. The van der Waals surface area contributed by atoms with Crippen molar-refractivity contribution in [1.29, 1.82) is 0 Å². The Hall–Kier alpha value is -2.50. The van der Waals surface area contributed by atoms with E-state index >= 15 is 0 Å². The van der Waals surface area contributed by atoms with Crippen molar-refractivity contribution in [2.24, 2.45) is 0 Å². The minimum atomic E-state index is 0.459. The second-order valence-electron chi connectivity index (χ2n) is 4.40. The topological polar surface area (TPSA) is 90.1 Å². The highest BCUT2D eigenvalue weighted by Gasteiger charge is 2.10. The highest BCUT2D eigenvalue weighted by atomic mass is 16.5. The minimum absolute atomic E-state index is 0.459. The van der Waals surface area contributed by atoms with E-state index in [-0.39, 0.29) is 0 Å². The van der Waals surface area contributed by atoms with E-state index in [1.54, 1.807) is 18.2 Å². The molecule has 3 N–H and O–H groups in total. The Bertz CT molecular complexity index is 710. The number of nitrogens with two attached hydrogens (primary N) is 1. The van der Waals surface area contributed by atoms with Crippen LogP contribution < -0.4 is 11.1 Å². The molecule has 2 aromatic heterocycles. The summed E-state index contributed by atoms with van der Waals surface area (Å²) in [5.74, 6) is 0.797. The fourth-order valence-electron chi connectivity index (χ4n) is 1.94. The van der Waals surface area contributed by atoms with Gasteiger partial charge in [-0.1, -0.05) is 5.16 Å². The Kier molecular flexibility index (Phi) is 2.63. The van der Waals surface area contributed by atoms with Gasteiger partial charge >= 0.3 is 0 Å². The molecule has 0 aliphatic carbocycles. The fraction of sp³-hybridized carbons (Fsp3) is 0.231. The molecule has 0 atom stereocenters. The van der Waals surface area contributed by atoms with E-state index in [0.29, 0.717) is 23.8 Å². The van der Waals surface area contributed by atoms with E-state index < -0.39 is 0 Å². The highest BCUT2D eigenvalue weighted by Crippen LogP contribution is 2.22. The molecule has 6 heteroatoms. The number of hydrogen-bond acceptors (Lipinski definition) is 6. The molecule has 0 saturated carbocycles. The summed E-state index contributed by atoms with van der Waals surface area (Å²) < 4.78 is 10.7. The summed E-state index contributed by atoms with van der Waals surface area (Å²) in [5.41, 5.74) is 9.69. The van der Waals surface area contributed by atoms with Crippen LogP contribution in [0.15, 0.2) is 27.1 Å². The Labute approximate surface area is 109 Å². The van der Waals surface area contributed by atoms with Gasteiger partial charge in [0.25, 0.3) is 6.01 Å². The summed E-state index contributed by atoms with van der Waals surface area (Å²) in [5, 5.41) is 7.02. The lowest BCUT2D eigenvalue weighted by molar-refractivity contribution is 0.392. The number of aryl methyl sites for hydroxylation is 2. The lowest BCUT2D eigenvalue weighted by Gasteiger charge is -2.00. The third-order valence-electron chi connectivity index (χ3n) is 3.01. The normalized spacial score (nSPS) is 11.1. The van der Waals surface area contributed by atoms with E-state index in [0.717, 1.165) is 22.5 Å². The van der Waals surface area contributed by atoms with Crippen LogP contribution in [-0.2, 0) is 6.54 Å². The number of oxazole rings is 1. The summed E-state index contributed by atoms with van der Waals surface area (Å²) in [7, 11) is 0. The van der Waals surface area contributed by atoms with E-state index in [9.17, 15) is 0 Å². The Morgan fingerprint density at radius 1 is 1.32 bits per heavy atom. The number of rotatable bonds is 3. The van der Waals surface area contributed by atoms with Crippen molar-refractivity contribution in [3.05, 3.63) is 35.2 Å². The first kappa shape index (κ1) is 11.6. The molecule has 0 fully saturated rings. The molecule has 0 amide bonds. The van der Waals surface area contributed by atoms with E-state index in [4.69, 9.17) is 14.7 Å². The van der Waals surface area contributed by atoms with E-state index in [2.05, 4.69) is 15.5 Å². The molecule has 6 nitrogen and oxygen atoms in total. The molecule has 0 aliphatic heterocycles. The van der Waals surface area contributed by atoms with Crippen LogP contribution in [0.1, 0.15) is 17.0 Å². The zero-order chi connectivity index (χ0) is 13.4. The molecule has 2 heterocycles. The summed E-state index contributed by atoms with van der Waals surface area (Å²) in [4.78, 5) is 4.32. The zero-order valence-electron chi connectivity index (χ0n) is 10.7. The van der Waals surface area contributed by atoms with Crippen molar-refractivity contribution < 1.29 is 8.94 Å². The zero-order valence-corrected chi connectivity index (χ0v) is 10.7. The van der Waals surface area contributed by atoms with E-state index in [1.165, 1.54) is 0 Å². The van der Waals surface area contributed by atoms with Crippen molar-refractivity contribution in [2.75, 3.05) is 11.1 Å². The summed E-state index contributed by atoms with van der Waals surface area (Å²) >= 11 is 0. The SMILES string of the molecule is Cc1noc(C)c1CNc1nc2cc(N)ccc2o1. The molecule has 0 spiro atoms. The van der Waals surface area contributed by atoms with Crippen LogP contribution in [0.4, 0.5) is 11.7 Å². The van der Waals surface area contributed by atoms with Crippen LogP contribution in [0, 0.1) is 13.8 Å². The molecule has 3 aromatic rings. The summed E-state index contributed by atoms with van der Waals surface area (Å²) in [6, 6.07) is 5.82. The first-order chi connectivity index (χ1) is 9.13. The first-order valence-electron chi connectivity index (χ1n) is 5.95. The molecule has 98 valence electrons. The maximum atomic E-state index is 5.70. The van der Waals surface area contributed by atoms with Crippen molar-refractivity contribution >= 4 is 22.8 Å². The molecule has 1 aromatic carbocycles. The van der Waals surface area contributed by atoms with Crippen molar-refractivity contribution in [2.45, 2.75) is 20.4 Å². The first-order valence-corrected chi connectivity index (χ1v) is 5.95. The number of nitrogen functional groups attached to an aromatic ring is 1. The van der Waals surface area contributed by atoms with Crippen LogP contribution in [0.2, 0.25) is 0 Å². The smallest absolute Gasteiger partial charge is 0.295 e. The average Bonchev–Trinajstić information content (AvgIpc) is 2.91. The molecular formula is C13H14N4O2. The van der Waals surface area contributed by atoms with Crippen LogP contribution in [0.25, 0.3) is 11.1 Å². The quantitative estimate of drug-likeness (QED) is 0.702. The standard InChI is InChI=1S/C13H14N4O2/c1-7-10(8(2)19-17-7)6-15-13-16-11-5-9(14)3-4-12(11)18-13/h3-5H,6,14H2,1-2H3,(H,15,16). The van der Waals surface area contributed by atoms with Crippen molar-refractivity contribution in [3.8, 4) is 0 Å². The van der Waals surface area contributed by atoms with Gasteiger partial charge in [0.1, 0.15) is 11.3 Å². The molecule has 0 bridgehead atoms. The summed E-state index contributed by atoms with van der Waals surface area (Å²) in [6.07, 6.45) is 0. The lowest BCUT2D eigenvalue weighted by atomic mass is 10.2. The monoisotopic (exact) mass is 258 g/mol. The Balaban J connectivity index is 1.82. The predicted octanol–water partition coefficient (Wildman–Crippen LogP) is 2.63. The van der Waals surface area contributed by atoms with Crippen LogP contribution in [-0.4, -0.2) is 10.1 Å². The molecule has 3 rings (SSSR count). The number of nitrogens with zero attached hydrogens (tertiary/aromatic N) is 2. The third kappa shape index (κ3) is 2.12. The number of benzene rings is 1. The largest absolute Gasteiger partial charge is 0.424 e. The summed E-state index contributed by atoms with van der Waals surface area (Å²) in [6.45, 7) is 4.34. The van der Waals surface area contributed by atoms with Gasteiger partial charge in [0.15, 0.2) is 5.58 Å². The van der Waals surface area contributed by atoms with Crippen LogP contribution >= 0.6 is 0 Å². The highest BCUT2D eigenvalue weighted by molar-refractivity contribution is 5.78. The number of hydrogen-bond donors (Lipinski definition) is 2. The van der Waals surface area contributed by atoms with Crippen LogP contribution in [0.3, 0.4) is 0 Å². The van der Waals surface area contributed by atoms with Crippen LogP contribution in [0.5, 0.6) is 0 Å². The molecule has 0 radical (unpaired) electrons. The third-order valence-corrected chi connectivity index (χ3v) is 3.01. The maximum absolute atomic E-state index is 5.70. The van der Waals surface area contributed by atoms with Gasteiger partial charge in [-0.25, -0.2) is 0 Å². The lowest BCUT2D eigenvalue weighted by Crippen LogP contribution is -2.01. The molecule has 0 saturated heterocycles. The molecule has 0 unspecified atom stereocenters. The second kappa shape index (κ2) is 4.31. The average molecular weight is 258 g/mol. The maximum Gasteiger partial charge on any atom is 0.295 e.